The molecule has 0 aliphatic heterocycles. The molecule has 0 atom stereocenters. The molecule has 0 bridgehead atoms. The second-order valence-corrected chi connectivity index (χ2v) is 4.64. The molecule has 0 amide bonds. The molecule has 0 heterocycles. The van der Waals surface area contributed by atoms with Crippen LogP contribution in [0.15, 0.2) is 0 Å². The lowest BCUT2D eigenvalue weighted by molar-refractivity contribution is -0.103. The molecule has 56 valence electrons. The molecule has 0 aliphatic rings. The van der Waals surface area contributed by atoms with Crippen LogP contribution in [0, 0.1) is 11.8 Å². The van der Waals surface area contributed by atoms with Gasteiger partial charge < -0.3 is 0 Å². The van der Waals surface area contributed by atoms with Gasteiger partial charge in [0.15, 0.2) is 6.29 Å². The van der Waals surface area contributed by atoms with Crippen LogP contribution in [0.25, 0.3) is 0 Å². The van der Waals surface area contributed by atoms with Crippen molar-refractivity contribution in [2.45, 2.75) is 25.5 Å². The van der Waals surface area contributed by atoms with Gasteiger partial charge in [0.25, 0.3) is 0 Å². The summed E-state index contributed by atoms with van der Waals surface area (Å²) < 4.78 is 0.248. The summed E-state index contributed by atoms with van der Waals surface area (Å²) in [4.78, 5) is 9.75. The van der Waals surface area contributed by atoms with E-state index < -0.39 is 0 Å². The van der Waals surface area contributed by atoms with Crippen LogP contribution in [0.1, 0.15) is 20.8 Å². The molecule has 10 heavy (non-hydrogen) atoms. The Hall–Kier alpha value is -0.420. The quantitative estimate of drug-likeness (QED) is 0.425. The van der Waals surface area contributed by atoms with Gasteiger partial charge in [-0.05, 0) is 5.92 Å². The summed E-state index contributed by atoms with van der Waals surface area (Å²) in [7, 11) is 0. The van der Waals surface area contributed by atoms with E-state index in [1.807, 2.05) is 0 Å². The highest BCUT2D eigenvalue weighted by molar-refractivity contribution is 8.00. The Morgan fingerprint density at radius 1 is 1.50 bits per heavy atom. The van der Waals surface area contributed by atoms with Crippen molar-refractivity contribution >= 4 is 18.0 Å². The number of hydrogen-bond acceptors (Lipinski definition) is 2. The molecule has 0 fully saturated rings. The van der Waals surface area contributed by atoms with Crippen molar-refractivity contribution in [3.05, 3.63) is 0 Å². The highest BCUT2D eigenvalue weighted by atomic mass is 32.2. The number of carbonyl (C=O) groups excluding carboxylic acids is 1. The fourth-order valence-corrected chi connectivity index (χ4v) is 0.924. The van der Waals surface area contributed by atoms with Gasteiger partial charge in [0.1, 0.15) is 0 Å². The lowest BCUT2D eigenvalue weighted by atomic mass is 10.3. The van der Waals surface area contributed by atoms with E-state index in [1.165, 1.54) is 0 Å². The number of rotatable bonds is 1. The predicted octanol–water partition coefficient (Wildman–Crippen LogP) is 1.72. The third-order valence-corrected chi connectivity index (χ3v) is 1.89. The SMILES string of the molecule is CC(C)(C)SCC#CC=O. The molecule has 0 spiro atoms. The average molecular weight is 156 g/mol. The van der Waals surface area contributed by atoms with Gasteiger partial charge in [0.2, 0.25) is 0 Å². The first-order chi connectivity index (χ1) is 4.56. The van der Waals surface area contributed by atoms with Gasteiger partial charge >= 0.3 is 0 Å². The predicted molar refractivity (Wildman–Crippen MR) is 46.1 cm³/mol. The number of hydrogen-bond donors (Lipinski definition) is 0. The molecule has 0 aliphatic carbocycles. The van der Waals surface area contributed by atoms with Gasteiger partial charge in [-0.15, -0.1) is 11.8 Å². The molecule has 0 N–H and O–H groups in total. The summed E-state index contributed by atoms with van der Waals surface area (Å²) >= 11 is 1.74. The average Bonchev–Trinajstić information content (AvgIpc) is 1.78. The lowest BCUT2D eigenvalue weighted by Gasteiger charge is -2.14. The van der Waals surface area contributed by atoms with Crippen molar-refractivity contribution in [2.75, 3.05) is 5.75 Å². The van der Waals surface area contributed by atoms with Gasteiger partial charge in [-0.2, -0.15) is 0 Å². The monoisotopic (exact) mass is 156 g/mol. The van der Waals surface area contributed by atoms with Crippen molar-refractivity contribution in [1.82, 2.24) is 0 Å². The summed E-state index contributed by atoms with van der Waals surface area (Å²) in [6.07, 6.45) is 0.628. The number of carbonyl (C=O) groups is 1. The zero-order valence-corrected chi connectivity index (χ0v) is 7.42. The molecule has 0 saturated carbocycles. The van der Waals surface area contributed by atoms with Gasteiger partial charge in [0.05, 0.1) is 5.75 Å². The Kier molecular flexibility index (Phi) is 4.22. The minimum absolute atomic E-state index is 0.248. The molecule has 0 saturated heterocycles. The van der Waals surface area contributed by atoms with Gasteiger partial charge in [0, 0.05) is 4.75 Å². The molecule has 0 radical (unpaired) electrons. The zero-order chi connectivity index (χ0) is 8.04. The maximum Gasteiger partial charge on any atom is 0.192 e. The molecular formula is C8H12OS. The first-order valence-corrected chi connectivity index (χ1v) is 4.11. The van der Waals surface area contributed by atoms with E-state index in [9.17, 15) is 4.79 Å². The number of thioether (sulfide) groups is 1. The first-order valence-electron chi connectivity index (χ1n) is 3.12. The fourth-order valence-electron chi connectivity index (χ4n) is 0.336. The van der Waals surface area contributed by atoms with E-state index in [2.05, 4.69) is 32.6 Å². The van der Waals surface area contributed by atoms with E-state index in [-0.39, 0.29) is 4.75 Å². The maximum absolute atomic E-state index is 9.75. The normalized spacial score (nSPS) is 9.90. The Labute approximate surface area is 66.6 Å². The summed E-state index contributed by atoms with van der Waals surface area (Å²) in [5.41, 5.74) is 0. The Bertz CT molecular complexity index is 156. The van der Waals surface area contributed by atoms with Crippen molar-refractivity contribution in [2.24, 2.45) is 0 Å². The van der Waals surface area contributed by atoms with E-state index in [0.717, 1.165) is 5.75 Å². The van der Waals surface area contributed by atoms with Crippen LogP contribution in [0.5, 0.6) is 0 Å². The van der Waals surface area contributed by atoms with Crippen LogP contribution < -0.4 is 0 Å². The van der Waals surface area contributed by atoms with Crippen LogP contribution in [-0.4, -0.2) is 16.8 Å². The molecule has 1 nitrogen and oxygen atoms in total. The third kappa shape index (κ3) is 7.58. The largest absolute Gasteiger partial charge is 0.289 e. The molecule has 0 aromatic rings. The minimum Gasteiger partial charge on any atom is -0.289 e. The van der Waals surface area contributed by atoms with Gasteiger partial charge in [-0.25, -0.2) is 0 Å². The van der Waals surface area contributed by atoms with Gasteiger partial charge in [-0.3, -0.25) is 4.79 Å². The molecule has 0 rings (SSSR count). The highest BCUT2D eigenvalue weighted by Crippen LogP contribution is 2.21. The summed E-state index contributed by atoms with van der Waals surface area (Å²) in [6.45, 7) is 6.38. The van der Waals surface area contributed by atoms with Crippen molar-refractivity contribution in [3.8, 4) is 11.8 Å². The smallest absolute Gasteiger partial charge is 0.192 e. The Morgan fingerprint density at radius 2 is 2.10 bits per heavy atom. The molecular weight excluding hydrogens is 144 g/mol. The second kappa shape index (κ2) is 4.40. The fraction of sp³-hybridized carbons (Fsp3) is 0.625. The Morgan fingerprint density at radius 3 is 2.50 bits per heavy atom. The van der Waals surface area contributed by atoms with E-state index in [0.29, 0.717) is 6.29 Å². The van der Waals surface area contributed by atoms with Crippen LogP contribution in [0.2, 0.25) is 0 Å². The molecule has 2 heteroatoms. The number of aldehydes is 1. The minimum atomic E-state index is 0.248. The maximum atomic E-state index is 9.75. The highest BCUT2D eigenvalue weighted by Gasteiger charge is 2.07. The summed E-state index contributed by atoms with van der Waals surface area (Å²) in [5, 5.41) is 0. The summed E-state index contributed by atoms with van der Waals surface area (Å²) in [6, 6.07) is 0. The molecule has 0 aromatic heterocycles. The van der Waals surface area contributed by atoms with Crippen LogP contribution >= 0.6 is 11.8 Å². The molecule has 0 unspecified atom stereocenters. The van der Waals surface area contributed by atoms with Crippen LogP contribution in [0.3, 0.4) is 0 Å². The Balaban J connectivity index is 3.46. The molecule has 0 aromatic carbocycles. The summed E-state index contributed by atoms with van der Waals surface area (Å²) in [5.74, 6) is 5.84. The standard InChI is InChI=1S/C8H12OS/c1-8(2,3)10-7-5-4-6-9/h6H,7H2,1-3H3. The topological polar surface area (TPSA) is 17.1 Å². The van der Waals surface area contributed by atoms with Gasteiger partial charge in [-0.1, -0.05) is 26.7 Å². The van der Waals surface area contributed by atoms with Crippen molar-refractivity contribution < 1.29 is 4.79 Å². The van der Waals surface area contributed by atoms with E-state index in [1.54, 1.807) is 11.8 Å². The first kappa shape index (κ1) is 9.58. The zero-order valence-electron chi connectivity index (χ0n) is 6.60. The van der Waals surface area contributed by atoms with Crippen LogP contribution in [-0.2, 0) is 4.79 Å². The van der Waals surface area contributed by atoms with E-state index in [4.69, 9.17) is 0 Å². The van der Waals surface area contributed by atoms with Crippen LogP contribution in [0.4, 0.5) is 0 Å². The van der Waals surface area contributed by atoms with E-state index >= 15 is 0 Å². The van der Waals surface area contributed by atoms with Crippen molar-refractivity contribution in [1.29, 1.82) is 0 Å². The third-order valence-electron chi connectivity index (χ3n) is 0.738. The van der Waals surface area contributed by atoms with Crippen molar-refractivity contribution in [3.63, 3.8) is 0 Å². The second-order valence-electron chi connectivity index (χ2n) is 2.84. The lowest BCUT2D eigenvalue weighted by Crippen LogP contribution is -2.07.